The zero-order valence-corrected chi connectivity index (χ0v) is 5.89. The quantitative estimate of drug-likeness (QED) is 0.491. The van der Waals surface area contributed by atoms with E-state index >= 15 is 0 Å². The highest BCUT2D eigenvalue weighted by Gasteiger charge is 2.29. The van der Waals surface area contributed by atoms with Crippen molar-refractivity contribution in [3.8, 4) is 0 Å². The number of amides is 1. The van der Waals surface area contributed by atoms with E-state index in [1.54, 1.807) is 6.92 Å². The van der Waals surface area contributed by atoms with E-state index in [4.69, 9.17) is 9.84 Å². The fourth-order valence-corrected chi connectivity index (χ4v) is 0.863. The van der Waals surface area contributed by atoms with Crippen LogP contribution in [-0.2, 0) is 9.53 Å². The standard InChI is InChI=1S/C6H11NO3/c1-6(3-8)4-10-2-5(9)7-6/h8H,2-4H2,1H3,(H,7,9)/t6-/m0/s1. The molecule has 1 aliphatic rings. The molecule has 4 nitrogen and oxygen atoms in total. The Balaban J connectivity index is 2.53. The van der Waals surface area contributed by atoms with E-state index in [-0.39, 0.29) is 19.1 Å². The first-order chi connectivity index (χ1) is 4.66. The number of aliphatic hydroxyl groups excluding tert-OH is 1. The number of carbonyl (C=O) groups is 1. The van der Waals surface area contributed by atoms with Gasteiger partial charge in [-0.25, -0.2) is 0 Å². The molecule has 1 atom stereocenters. The first-order valence-corrected chi connectivity index (χ1v) is 3.16. The number of hydrogen-bond donors (Lipinski definition) is 2. The van der Waals surface area contributed by atoms with Crippen LogP contribution in [0.5, 0.6) is 0 Å². The van der Waals surface area contributed by atoms with E-state index in [0.29, 0.717) is 6.61 Å². The fourth-order valence-electron chi connectivity index (χ4n) is 0.863. The molecule has 10 heavy (non-hydrogen) atoms. The van der Waals surface area contributed by atoms with Gasteiger partial charge < -0.3 is 15.2 Å². The lowest BCUT2D eigenvalue weighted by molar-refractivity contribution is -0.136. The second kappa shape index (κ2) is 2.56. The van der Waals surface area contributed by atoms with Crippen LogP contribution in [-0.4, -0.2) is 36.4 Å². The molecule has 0 aromatic heterocycles. The summed E-state index contributed by atoms with van der Waals surface area (Å²) < 4.78 is 4.92. The molecule has 0 saturated carbocycles. The summed E-state index contributed by atoms with van der Waals surface area (Å²) in [4.78, 5) is 10.7. The van der Waals surface area contributed by atoms with Crippen molar-refractivity contribution < 1.29 is 14.6 Å². The minimum atomic E-state index is -0.574. The number of rotatable bonds is 1. The second-order valence-electron chi connectivity index (χ2n) is 2.76. The fraction of sp³-hybridized carbons (Fsp3) is 0.833. The monoisotopic (exact) mass is 145 g/mol. The topological polar surface area (TPSA) is 58.6 Å². The van der Waals surface area contributed by atoms with Crippen LogP contribution in [0.15, 0.2) is 0 Å². The molecular weight excluding hydrogens is 134 g/mol. The van der Waals surface area contributed by atoms with E-state index in [0.717, 1.165) is 0 Å². The number of carbonyl (C=O) groups excluding carboxylic acids is 1. The summed E-state index contributed by atoms with van der Waals surface area (Å²) in [5.41, 5.74) is -0.574. The van der Waals surface area contributed by atoms with Crippen molar-refractivity contribution in [3.05, 3.63) is 0 Å². The molecule has 0 bridgehead atoms. The van der Waals surface area contributed by atoms with Crippen molar-refractivity contribution in [2.24, 2.45) is 0 Å². The van der Waals surface area contributed by atoms with Gasteiger partial charge in [0.15, 0.2) is 0 Å². The van der Waals surface area contributed by atoms with E-state index in [1.807, 2.05) is 0 Å². The smallest absolute Gasteiger partial charge is 0.246 e. The third-order valence-corrected chi connectivity index (χ3v) is 1.44. The van der Waals surface area contributed by atoms with Crippen LogP contribution in [0.4, 0.5) is 0 Å². The minimum absolute atomic E-state index is 0.0846. The van der Waals surface area contributed by atoms with Crippen molar-refractivity contribution in [3.63, 3.8) is 0 Å². The van der Waals surface area contributed by atoms with Gasteiger partial charge >= 0.3 is 0 Å². The van der Waals surface area contributed by atoms with E-state index < -0.39 is 5.54 Å². The predicted octanol–water partition coefficient (Wildman–Crippen LogP) is -1.12. The van der Waals surface area contributed by atoms with Crippen molar-refractivity contribution in [1.82, 2.24) is 5.32 Å². The lowest BCUT2D eigenvalue weighted by atomic mass is 10.0. The van der Waals surface area contributed by atoms with Crippen LogP contribution in [0.25, 0.3) is 0 Å². The molecule has 0 aliphatic carbocycles. The van der Waals surface area contributed by atoms with Gasteiger partial charge in [0, 0.05) is 0 Å². The van der Waals surface area contributed by atoms with Gasteiger partial charge in [-0.3, -0.25) is 4.79 Å². The summed E-state index contributed by atoms with van der Waals surface area (Å²) in [6, 6.07) is 0. The Labute approximate surface area is 59.2 Å². The van der Waals surface area contributed by atoms with Gasteiger partial charge in [0.05, 0.1) is 18.8 Å². The Morgan fingerprint density at radius 2 is 2.60 bits per heavy atom. The Morgan fingerprint density at radius 1 is 1.90 bits per heavy atom. The summed E-state index contributed by atoms with van der Waals surface area (Å²) >= 11 is 0. The number of hydrogen-bond acceptors (Lipinski definition) is 3. The van der Waals surface area contributed by atoms with Crippen LogP contribution in [0.2, 0.25) is 0 Å². The Kier molecular flexibility index (Phi) is 1.92. The molecule has 4 heteroatoms. The van der Waals surface area contributed by atoms with Crippen molar-refractivity contribution in [2.75, 3.05) is 19.8 Å². The maximum absolute atomic E-state index is 10.7. The Morgan fingerprint density at radius 3 is 3.00 bits per heavy atom. The van der Waals surface area contributed by atoms with Gasteiger partial charge in [-0.15, -0.1) is 0 Å². The number of nitrogens with one attached hydrogen (secondary N) is 1. The van der Waals surface area contributed by atoms with Crippen molar-refractivity contribution in [2.45, 2.75) is 12.5 Å². The van der Waals surface area contributed by atoms with E-state index in [9.17, 15) is 4.79 Å². The highest BCUT2D eigenvalue weighted by Crippen LogP contribution is 2.06. The maximum Gasteiger partial charge on any atom is 0.246 e. The molecule has 58 valence electrons. The van der Waals surface area contributed by atoms with Gasteiger partial charge in [0.2, 0.25) is 5.91 Å². The van der Waals surface area contributed by atoms with Crippen LogP contribution >= 0.6 is 0 Å². The molecule has 1 aliphatic heterocycles. The molecule has 0 unspecified atom stereocenters. The first kappa shape index (κ1) is 7.50. The molecular formula is C6H11NO3. The van der Waals surface area contributed by atoms with E-state index in [2.05, 4.69) is 5.32 Å². The van der Waals surface area contributed by atoms with Gasteiger partial charge in [0.1, 0.15) is 6.61 Å². The Bertz CT molecular complexity index is 148. The normalized spacial score (nSPS) is 33.6. The average molecular weight is 145 g/mol. The SMILES string of the molecule is C[C@]1(CO)COCC(=O)N1. The zero-order valence-electron chi connectivity index (χ0n) is 5.89. The van der Waals surface area contributed by atoms with Crippen LogP contribution < -0.4 is 5.32 Å². The van der Waals surface area contributed by atoms with Gasteiger partial charge in [0.25, 0.3) is 0 Å². The maximum atomic E-state index is 10.7. The summed E-state index contributed by atoms with van der Waals surface area (Å²) in [6.45, 7) is 2.15. The number of aliphatic hydroxyl groups is 1. The summed E-state index contributed by atoms with van der Waals surface area (Å²) in [7, 11) is 0. The lowest BCUT2D eigenvalue weighted by Crippen LogP contribution is -2.57. The molecule has 0 aromatic rings. The largest absolute Gasteiger partial charge is 0.394 e. The molecule has 0 aromatic carbocycles. The second-order valence-corrected chi connectivity index (χ2v) is 2.76. The van der Waals surface area contributed by atoms with Gasteiger partial charge in [-0.2, -0.15) is 0 Å². The molecule has 2 N–H and O–H groups in total. The highest BCUT2D eigenvalue weighted by molar-refractivity contribution is 5.78. The zero-order chi connectivity index (χ0) is 7.61. The highest BCUT2D eigenvalue weighted by atomic mass is 16.5. The molecule has 1 saturated heterocycles. The van der Waals surface area contributed by atoms with Crippen LogP contribution in [0.3, 0.4) is 0 Å². The molecule has 0 radical (unpaired) electrons. The molecule has 1 rings (SSSR count). The number of ether oxygens (including phenoxy) is 1. The first-order valence-electron chi connectivity index (χ1n) is 3.16. The summed E-state index contributed by atoms with van der Waals surface area (Å²) in [5, 5.41) is 11.4. The van der Waals surface area contributed by atoms with Crippen LogP contribution in [0, 0.1) is 0 Å². The molecule has 1 heterocycles. The summed E-state index contributed by atoms with van der Waals surface area (Å²) in [6.07, 6.45) is 0. The summed E-state index contributed by atoms with van der Waals surface area (Å²) in [5.74, 6) is -0.164. The minimum Gasteiger partial charge on any atom is -0.394 e. The Hall–Kier alpha value is -0.610. The molecule has 1 fully saturated rings. The van der Waals surface area contributed by atoms with Gasteiger partial charge in [-0.1, -0.05) is 0 Å². The van der Waals surface area contributed by atoms with Crippen LogP contribution in [0.1, 0.15) is 6.92 Å². The molecule has 0 spiro atoms. The number of morpholine rings is 1. The third kappa shape index (κ3) is 1.46. The van der Waals surface area contributed by atoms with E-state index in [1.165, 1.54) is 0 Å². The van der Waals surface area contributed by atoms with Crippen molar-refractivity contribution >= 4 is 5.91 Å². The average Bonchev–Trinajstić information content (AvgIpc) is 1.88. The van der Waals surface area contributed by atoms with Crippen molar-refractivity contribution in [1.29, 1.82) is 0 Å². The third-order valence-electron chi connectivity index (χ3n) is 1.44. The lowest BCUT2D eigenvalue weighted by Gasteiger charge is -2.32. The molecule has 1 amide bonds. The predicted molar refractivity (Wildman–Crippen MR) is 34.5 cm³/mol. The van der Waals surface area contributed by atoms with Gasteiger partial charge in [-0.05, 0) is 6.92 Å².